The van der Waals surface area contributed by atoms with Gasteiger partial charge in [0.1, 0.15) is 12.4 Å². The molecule has 4 heteroatoms. The molecule has 4 nitrogen and oxygen atoms in total. The summed E-state index contributed by atoms with van der Waals surface area (Å²) in [4.78, 5) is 17.6. The number of hydrogen-bond donors (Lipinski definition) is 0. The summed E-state index contributed by atoms with van der Waals surface area (Å²) in [6.45, 7) is 2.32. The van der Waals surface area contributed by atoms with Gasteiger partial charge in [0.15, 0.2) is 0 Å². The van der Waals surface area contributed by atoms with Crippen molar-refractivity contribution in [3.63, 3.8) is 0 Å². The molecule has 2 aromatic rings. The molecule has 0 atom stereocenters. The van der Waals surface area contributed by atoms with E-state index in [1.54, 1.807) is 31.3 Å². The molecule has 0 fully saturated rings. The van der Waals surface area contributed by atoms with Gasteiger partial charge in [0.2, 0.25) is 0 Å². The lowest BCUT2D eigenvalue weighted by Gasteiger charge is -2.12. The third kappa shape index (κ3) is 3.35. The molecule has 0 aliphatic heterocycles. The molecule has 104 valence electrons. The normalized spacial score (nSPS) is 10.2. The number of hydrogen-bond acceptors (Lipinski definition) is 3. The molecule has 0 aliphatic rings. The Morgan fingerprint density at radius 2 is 2.05 bits per heavy atom. The molecule has 1 heterocycles. The van der Waals surface area contributed by atoms with E-state index in [4.69, 9.17) is 4.74 Å². The molecule has 2 rings (SSSR count). The van der Waals surface area contributed by atoms with Crippen molar-refractivity contribution in [3.8, 4) is 5.75 Å². The summed E-state index contributed by atoms with van der Waals surface area (Å²) in [7, 11) is 3.48. The van der Waals surface area contributed by atoms with Gasteiger partial charge in [-0.05, 0) is 36.8 Å². The van der Waals surface area contributed by atoms with Crippen LogP contribution in [0.4, 0.5) is 0 Å². The minimum atomic E-state index is -0.00981. The Bertz CT molecular complexity index is 609. The fourth-order valence-electron chi connectivity index (χ4n) is 1.84. The fourth-order valence-corrected chi connectivity index (χ4v) is 1.84. The number of carbonyl (C=O) groups excluding carboxylic acids is 1. The number of carbonyl (C=O) groups is 1. The van der Waals surface area contributed by atoms with E-state index in [2.05, 4.69) is 4.98 Å². The highest BCUT2D eigenvalue weighted by Gasteiger charge is 2.08. The van der Waals surface area contributed by atoms with Crippen molar-refractivity contribution in [1.82, 2.24) is 9.88 Å². The summed E-state index contributed by atoms with van der Waals surface area (Å²) in [5.74, 6) is 0.751. The topological polar surface area (TPSA) is 42.4 Å². The van der Waals surface area contributed by atoms with Gasteiger partial charge in [-0.25, -0.2) is 0 Å². The summed E-state index contributed by atoms with van der Waals surface area (Å²) < 4.78 is 5.73. The van der Waals surface area contributed by atoms with Gasteiger partial charge in [-0.3, -0.25) is 9.78 Å². The highest BCUT2D eigenvalue weighted by molar-refractivity contribution is 5.94. The van der Waals surface area contributed by atoms with Crippen LogP contribution in [0.5, 0.6) is 5.75 Å². The number of benzene rings is 1. The van der Waals surface area contributed by atoms with Crippen molar-refractivity contribution in [2.75, 3.05) is 14.1 Å². The molecule has 20 heavy (non-hydrogen) atoms. The van der Waals surface area contributed by atoms with E-state index in [1.165, 1.54) is 0 Å². The Hall–Kier alpha value is -2.36. The van der Waals surface area contributed by atoms with Crippen LogP contribution in [-0.2, 0) is 6.61 Å². The lowest BCUT2D eigenvalue weighted by molar-refractivity contribution is 0.0827. The molecule has 0 N–H and O–H groups in total. The van der Waals surface area contributed by atoms with Crippen LogP contribution in [0, 0.1) is 6.92 Å². The van der Waals surface area contributed by atoms with Crippen molar-refractivity contribution in [3.05, 3.63) is 59.4 Å². The van der Waals surface area contributed by atoms with Crippen LogP contribution in [0.15, 0.2) is 42.6 Å². The summed E-state index contributed by atoms with van der Waals surface area (Å²) >= 11 is 0. The van der Waals surface area contributed by atoms with Crippen molar-refractivity contribution < 1.29 is 9.53 Å². The number of ether oxygens (including phenoxy) is 1. The maximum Gasteiger partial charge on any atom is 0.253 e. The molecule has 0 saturated heterocycles. The van der Waals surface area contributed by atoms with E-state index in [0.29, 0.717) is 12.2 Å². The van der Waals surface area contributed by atoms with Crippen molar-refractivity contribution >= 4 is 5.91 Å². The highest BCUT2D eigenvalue weighted by atomic mass is 16.5. The molecule has 1 aromatic heterocycles. The average molecular weight is 270 g/mol. The van der Waals surface area contributed by atoms with Crippen LogP contribution < -0.4 is 4.74 Å². The second kappa shape index (κ2) is 6.19. The Kier molecular flexibility index (Phi) is 4.35. The third-order valence-corrected chi connectivity index (χ3v) is 2.93. The third-order valence-electron chi connectivity index (χ3n) is 2.93. The minimum absolute atomic E-state index is 0.00981. The van der Waals surface area contributed by atoms with Crippen LogP contribution in [0.3, 0.4) is 0 Å². The molecule has 0 saturated carbocycles. The van der Waals surface area contributed by atoms with Crippen LogP contribution in [0.2, 0.25) is 0 Å². The second-order valence-corrected chi connectivity index (χ2v) is 4.78. The molecule has 0 spiro atoms. The zero-order valence-corrected chi connectivity index (χ0v) is 12.0. The van der Waals surface area contributed by atoms with Gasteiger partial charge in [0.25, 0.3) is 5.91 Å². The van der Waals surface area contributed by atoms with Crippen LogP contribution in [0.25, 0.3) is 0 Å². The maximum absolute atomic E-state index is 11.9. The zero-order valence-electron chi connectivity index (χ0n) is 12.0. The zero-order chi connectivity index (χ0) is 14.5. The van der Waals surface area contributed by atoms with Gasteiger partial charge in [-0.1, -0.05) is 12.1 Å². The highest BCUT2D eigenvalue weighted by Crippen LogP contribution is 2.16. The lowest BCUT2D eigenvalue weighted by Crippen LogP contribution is -2.21. The second-order valence-electron chi connectivity index (χ2n) is 4.78. The lowest BCUT2D eigenvalue weighted by atomic mass is 10.1. The standard InChI is InChI=1S/C16H18N2O2/c1-12-15(8-5-9-17-12)20-11-13-6-4-7-14(10-13)16(19)18(2)3/h4-10H,11H2,1-3H3. The van der Waals surface area contributed by atoms with Crippen molar-refractivity contribution in [2.45, 2.75) is 13.5 Å². The number of amides is 1. The van der Waals surface area contributed by atoms with Gasteiger partial charge in [0, 0.05) is 25.9 Å². The van der Waals surface area contributed by atoms with Gasteiger partial charge in [0.05, 0.1) is 5.69 Å². The minimum Gasteiger partial charge on any atom is -0.487 e. The SMILES string of the molecule is Cc1ncccc1OCc1cccc(C(=O)N(C)C)c1. The van der Waals surface area contributed by atoms with Crippen molar-refractivity contribution in [1.29, 1.82) is 0 Å². The molecule has 0 aliphatic carbocycles. The van der Waals surface area contributed by atoms with E-state index in [9.17, 15) is 4.79 Å². The van der Waals surface area contributed by atoms with Gasteiger partial charge < -0.3 is 9.64 Å². The summed E-state index contributed by atoms with van der Waals surface area (Å²) in [5.41, 5.74) is 2.48. The van der Waals surface area contributed by atoms with E-state index in [1.807, 2.05) is 37.3 Å². The molecule has 0 bridgehead atoms. The van der Waals surface area contributed by atoms with E-state index < -0.39 is 0 Å². The Labute approximate surface area is 119 Å². The van der Waals surface area contributed by atoms with E-state index >= 15 is 0 Å². The maximum atomic E-state index is 11.9. The molecular formula is C16H18N2O2. The quantitative estimate of drug-likeness (QED) is 0.857. The first-order chi connectivity index (χ1) is 9.58. The van der Waals surface area contributed by atoms with Crippen LogP contribution >= 0.6 is 0 Å². The number of aromatic nitrogens is 1. The molecule has 1 amide bonds. The molecule has 1 aromatic carbocycles. The van der Waals surface area contributed by atoms with Crippen LogP contribution in [-0.4, -0.2) is 29.9 Å². The molecule has 0 radical (unpaired) electrons. The predicted octanol–water partition coefficient (Wildman–Crippen LogP) is 2.67. The van der Waals surface area contributed by atoms with E-state index in [-0.39, 0.29) is 5.91 Å². The molecular weight excluding hydrogens is 252 g/mol. The number of nitrogens with zero attached hydrogens (tertiary/aromatic N) is 2. The average Bonchev–Trinajstić information content (AvgIpc) is 2.46. The van der Waals surface area contributed by atoms with Crippen molar-refractivity contribution in [2.24, 2.45) is 0 Å². The van der Waals surface area contributed by atoms with E-state index in [0.717, 1.165) is 17.0 Å². The first-order valence-electron chi connectivity index (χ1n) is 6.43. The smallest absolute Gasteiger partial charge is 0.253 e. The summed E-state index contributed by atoms with van der Waals surface area (Å²) in [6, 6.07) is 11.2. The predicted molar refractivity (Wildman–Crippen MR) is 77.8 cm³/mol. The monoisotopic (exact) mass is 270 g/mol. The van der Waals surface area contributed by atoms with Crippen LogP contribution in [0.1, 0.15) is 21.6 Å². The summed E-state index contributed by atoms with van der Waals surface area (Å²) in [6.07, 6.45) is 1.73. The first-order valence-corrected chi connectivity index (χ1v) is 6.43. The number of pyridine rings is 1. The fraction of sp³-hybridized carbons (Fsp3) is 0.250. The Morgan fingerprint density at radius 3 is 2.75 bits per heavy atom. The van der Waals surface area contributed by atoms with Gasteiger partial charge in [-0.15, -0.1) is 0 Å². The molecule has 0 unspecified atom stereocenters. The van der Waals surface area contributed by atoms with Gasteiger partial charge in [-0.2, -0.15) is 0 Å². The first kappa shape index (κ1) is 14.1. The largest absolute Gasteiger partial charge is 0.487 e. The van der Waals surface area contributed by atoms with Gasteiger partial charge >= 0.3 is 0 Å². The number of rotatable bonds is 4. The number of aryl methyl sites for hydroxylation is 1. The summed E-state index contributed by atoms with van der Waals surface area (Å²) in [5, 5.41) is 0. The Balaban J connectivity index is 2.09. The Morgan fingerprint density at radius 1 is 1.25 bits per heavy atom.